The number of ether oxygens (including phenoxy) is 1. The van der Waals surface area contributed by atoms with Gasteiger partial charge in [-0.2, -0.15) is 13.2 Å². The summed E-state index contributed by atoms with van der Waals surface area (Å²) in [5.41, 5.74) is 0.546. The fraction of sp³-hybridized carbons (Fsp3) is 0.158. The molecule has 158 valence electrons. The average Bonchev–Trinajstić information content (AvgIpc) is 2.65. The minimum Gasteiger partial charge on any atom is -0.484 e. The molecule has 1 heterocycles. The molecule has 0 atom stereocenters. The molecule has 0 bridgehead atoms. The molecule has 1 N–H and O–H groups in total. The van der Waals surface area contributed by atoms with Gasteiger partial charge in [-0.3, -0.25) is 9.78 Å². The molecule has 0 saturated heterocycles. The van der Waals surface area contributed by atoms with Crippen molar-refractivity contribution in [3.63, 3.8) is 0 Å². The van der Waals surface area contributed by atoms with Crippen LogP contribution in [0, 0.1) is 0 Å². The highest BCUT2D eigenvalue weighted by Gasteiger charge is 2.28. The second-order valence-corrected chi connectivity index (χ2v) is 8.32. The maximum absolute atomic E-state index is 12.7. The van der Waals surface area contributed by atoms with Crippen molar-refractivity contribution in [1.29, 1.82) is 0 Å². The van der Waals surface area contributed by atoms with Crippen LogP contribution in [0.1, 0.15) is 5.56 Å². The fourth-order valence-corrected chi connectivity index (χ4v) is 4.10. The van der Waals surface area contributed by atoms with Gasteiger partial charge in [0.25, 0.3) is 10.0 Å². The van der Waals surface area contributed by atoms with Crippen LogP contribution >= 0.6 is 11.6 Å². The van der Waals surface area contributed by atoms with Crippen LogP contribution in [0.2, 0.25) is 5.02 Å². The first-order chi connectivity index (χ1) is 14.0. The van der Waals surface area contributed by atoms with E-state index >= 15 is 0 Å². The summed E-state index contributed by atoms with van der Waals surface area (Å²) in [7, 11) is -4.26. The topological polar surface area (TPSA) is 85.4 Å². The van der Waals surface area contributed by atoms with Gasteiger partial charge < -0.3 is 4.74 Å². The van der Waals surface area contributed by atoms with Crippen LogP contribution in [0.15, 0.2) is 59.6 Å². The summed E-state index contributed by atoms with van der Waals surface area (Å²) in [6.45, 7) is -1.44. The Morgan fingerprint density at radius 2 is 1.83 bits per heavy atom. The maximum atomic E-state index is 12.7. The van der Waals surface area contributed by atoms with Crippen LogP contribution in [-0.2, 0) is 21.2 Å². The van der Waals surface area contributed by atoms with E-state index in [1.54, 1.807) is 18.2 Å². The summed E-state index contributed by atoms with van der Waals surface area (Å²) < 4.78 is 68.4. The lowest BCUT2D eigenvalue weighted by molar-refractivity contribution is -0.153. The number of alkyl halides is 3. The second kappa shape index (κ2) is 8.49. The van der Waals surface area contributed by atoms with Gasteiger partial charge in [0.2, 0.25) is 5.91 Å². The molecule has 0 aliphatic heterocycles. The van der Waals surface area contributed by atoms with E-state index in [1.807, 2.05) is 4.72 Å². The molecule has 1 amide bonds. The van der Waals surface area contributed by atoms with Crippen molar-refractivity contribution >= 4 is 38.4 Å². The van der Waals surface area contributed by atoms with Crippen molar-refractivity contribution in [2.24, 2.45) is 0 Å². The van der Waals surface area contributed by atoms with E-state index in [9.17, 15) is 26.4 Å². The van der Waals surface area contributed by atoms with E-state index in [1.165, 1.54) is 36.5 Å². The van der Waals surface area contributed by atoms with Crippen molar-refractivity contribution in [2.75, 3.05) is 6.61 Å². The molecule has 0 fully saturated rings. The number of hydrogen-bond donors (Lipinski definition) is 1. The Labute approximate surface area is 174 Å². The highest BCUT2D eigenvalue weighted by atomic mass is 35.5. The molecule has 1 aromatic heterocycles. The minimum absolute atomic E-state index is 0.0272. The molecule has 3 aromatic rings. The molecular weight excluding hydrogens is 445 g/mol. The molecule has 6 nitrogen and oxygen atoms in total. The van der Waals surface area contributed by atoms with Crippen molar-refractivity contribution < 1.29 is 31.1 Å². The molecule has 0 aliphatic rings. The monoisotopic (exact) mass is 458 g/mol. The zero-order valence-electron chi connectivity index (χ0n) is 15.1. The van der Waals surface area contributed by atoms with Gasteiger partial charge in [0.1, 0.15) is 10.6 Å². The van der Waals surface area contributed by atoms with Crippen LogP contribution in [0.25, 0.3) is 10.9 Å². The van der Waals surface area contributed by atoms with Crippen LogP contribution in [0.5, 0.6) is 5.75 Å². The van der Waals surface area contributed by atoms with Gasteiger partial charge in [-0.15, -0.1) is 0 Å². The third-order valence-corrected chi connectivity index (χ3v) is 5.47. The zero-order chi connectivity index (χ0) is 21.9. The molecule has 0 radical (unpaired) electrons. The number of amides is 1. The molecule has 3 rings (SSSR count). The number of rotatable bonds is 6. The predicted molar refractivity (Wildman–Crippen MR) is 104 cm³/mol. The summed E-state index contributed by atoms with van der Waals surface area (Å²) in [5.74, 6) is -0.858. The number of carbonyl (C=O) groups is 1. The molecule has 30 heavy (non-hydrogen) atoms. The second-order valence-electron chi connectivity index (χ2n) is 6.23. The first kappa shape index (κ1) is 21.8. The molecule has 0 aliphatic carbocycles. The Kier molecular flexibility index (Phi) is 6.18. The lowest BCUT2D eigenvalue weighted by atomic mass is 10.1. The van der Waals surface area contributed by atoms with Gasteiger partial charge in [0.05, 0.1) is 11.9 Å². The van der Waals surface area contributed by atoms with E-state index in [2.05, 4.69) is 9.72 Å². The first-order valence-corrected chi connectivity index (χ1v) is 10.3. The molecule has 11 heteroatoms. The number of halogens is 4. The van der Waals surface area contributed by atoms with E-state index in [-0.39, 0.29) is 27.6 Å². The molecule has 2 aromatic carbocycles. The average molecular weight is 459 g/mol. The van der Waals surface area contributed by atoms with Gasteiger partial charge >= 0.3 is 6.18 Å². The quantitative estimate of drug-likeness (QED) is 0.606. The molecular formula is C19H14ClF3N2O4S. The number of nitrogens with one attached hydrogen (secondary N) is 1. The van der Waals surface area contributed by atoms with Crippen LogP contribution < -0.4 is 9.46 Å². The van der Waals surface area contributed by atoms with Gasteiger partial charge in [-0.25, -0.2) is 13.1 Å². The molecule has 0 saturated carbocycles. The Bertz CT molecular complexity index is 1180. The smallest absolute Gasteiger partial charge is 0.422 e. The van der Waals surface area contributed by atoms with Gasteiger partial charge in [-0.1, -0.05) is 29.8 Å². The Hall–Kier alpha value is -2.85. The summed E-state index contributed by atoms with van der Waals surface area (Å²) in [6.07, 6.45) is -3.36. The van der Waals surface area contributed by atoms with Crippen LogP contribution in [0.3, 0.4) is 0 Å². The van der Waals surface area contributed by atoms with Crippen LogP contribution in [-0.4, -0.2) is 32.1 Å². The number of carbonyl (C=O) groups excluding carboxylic acids is 1. The van der Waals surface area contributed by atoms with Crippen molar-refractivity contribution in [3.8, 4) is 5.75 Å². The molecule has 0 spiro atoms. The Balaban J connectivity index is 1.72. The lowest BCUT2D eigenvalue weighted by Gasteiger charge is -2.11. The Morgan fingerprint density at radius 1 is 1.13 bits per heavy atom. The predicted octanol–water partition coefficient (Wildman–Crippen LogP) is 3.88. The summed E-state index contributed by atoms with van der Waals surface area (Å²) >= 11 is 5.98. The number of fused-ring (bicyclic) bond motifs is 1. The van der Waals surface area contributed by atoms with E-state index in [4.69, 9.17) is 11.6 Å². The summed E-state index contributed by atoms with van der Waals surface area (Å²) in [6, 6.07) is 11.3. The highest BCUT2D eigenvalue weighted by molar-refractivity contribution is 7.90. The summed E-state index contributed by atoms with van der Waals surface area (Å²) in [4.78, 5) is 16.0. The third-order valence-electron chi connectivity index (χ3n) is 3.86. The van der Waals surface area contributed by atoms with Gasteiger partial charge in [0, 0.05) is 16.6 Å². The zero-order valence-corrected chi connectivity index (χ0v) is 16.7. The van der Waals surface area contributed by atoms with Crippen molar-refractivity contribution in [3.05, 3.63) is 65.3 Å². The molecule has 0 unspecified atom stereocenters. The number of nitrogens with zero attached hydrogens (tertiary/aromatic N) is 1. The van der Waals surface area contributed by atoms with Crippen LogP contribution in [0.4, 0.5) is 13.2 Å². The highest BCUT2D eigenvalue weighted by Crippen LogP contribution is 2.26. The number of pyridine rings is 1. The number of hydrogen-bond acceptors (Lipinski definition) is 5. The first-order valence-electron chi connectivity index (χ1n) is 8.42. The number of benzene rings is 2. The van der Waals surface area contributed by atoms with Gasteiger partial charge in [-0.05, 0) is 35.9 Å². The SMILES string of the molecule is O=C(Cc1ccc(OCC(F)(F)F)cc1)NS(=O)(=O)c1cc(Cl)cc2cccnc12. The summed E-state index contributed by atoms with van der Waals surface area (Å²) in [5, 5.41) is 0.657. The van der Waals surface area contributed by atoms with E-state index < -0.39 is 28.7 Å². The maximum Gasteiger partial charge on any atom is 0.422 e. The standard InChI is InChI=1S/C19H14ClF3N2O4S/c20-14-9-13-2-1-7-24-18(13)16(10-14)30(27,28)25-17(26)8-12-3-5-15(6-4-12)29-11-19(21,22)23/h1-7,9-10H,8,11H2,(H,25,26). The lowest BCUT2D eigenvalue weighted by Crippen LogP contribution is -2.32. The van der Waals surface area contributed by atoms with Crippen molar-refractivity contribution in [1.82, 2.24) is 9.71 Å². The number of aromatic nitrogens is 1. The fourth-order valence-electron chi connectivity index (χ4n) is 2.62. The normalized spacial score (nSPS) is 12.0. The largest absolute Gasteiger partial charge is 0.484 e. The van der Waals surface area contributed by atoms with Gasteiger partial charge in [0.15, 0.2) is 6.61 Å². The van der Waals surface area contributed by atoms with Crippen molar-refractivity contribution in [2.45, 2.75) is 17.5 Å². The Morgan fingerprint density at radius 3 is 2.50 bits per heavy atom. The van der Waals surface area contributed by atoms with E-state index in [0.717, 1.165) is 0 Å². The minimum atomic E-state index is -4.47. The van der Waals surface area contributed by atoms with E-state index in [0.29, 0.717) is 10.9 Å². The number of sulfonamides is 1. The third kappa shape index (κ3) is 5.61.